The summed E-state index contributed by atoms with van der Waals surface area (Å²) in [5, 5.41) is 2.78. The maximum atomic E-state index is 11.5. The topological polar surface area (TPSA) is 81.1 Å². The summed E-state index contributed by atoms with van der Waals surface area (Å²) >= 11 is 3.36. The summed E-state index contributed by atoms with van der Waals surface area (Å²) in [5.74, 6) is -0.0605. The lowest BCUT2D eigenvalue weighted by molar-refractivity contribution is -0.116. The molecule has 0 fully saturated rings. The zero-order valence-corrected chi connectivity index (χ0v) is 10.8. The molecule has 0 bridgehead atoms. The van der Waals surface area contributed by atoms with Gasteiger partial charge in [0.25, 0.3) is 0 Å². The number of hydrogen-bond donors (Lipinski definition) is 3. The molecule has 1 aromatic carbocycles. The second-order valence-corrected chi connectivity index (χ2v) is 4.54. The Balaban J connectivity index is 2.77. The van der Waals surface area contributed by atoms with Crippen molar-refractivity contribution in [3.63, 3.8) is 0 Å². The first kappa shape index (κ1) is 13.0. The van der Waals surface area contributed by atoms with Crippen molar-refractivity contribution in [2.75, 3.05) is 17.6 Å². The second kappa shape index (κ2) is 5.86. The van der Waals surface area contributed by atoms with Gasteiger partial charge in [-0.3, -0.25) is 4.79 Å². The number of rotatable bonds is 4. The molecular weight excluding hydrogens is 270 g/mol. The third-order valence-electron chi connectivity index (χ3n) is 2.23. The van der Waals surface area contributed by atoms with Gasteiger partial charge in [0.1, 0.15) is 0 Å². The Kier molecular flexibility index (Phi) is 4.76. The number of nitrogen functional groups attached to an aromatic ring is 1. The highest BCUT2D eigenvalue weighted by atomic mass is 79.9. The fourth-order valence-electron chi connectivity index (χ4n) is 1.33. The molecule has 1 aromatic rings. The summed E-state index contributed by atoms with van der Waals surface area (Å²) < 4.78 is 0.897. The Hall–Kier alpha value is -1.07. The number of nitrogens with two attached hydrogens (primary N) is 2. The Morgan fingerprint density at radius 3 is 2.81 bits per heavy atom. The van der Waals surface area contributed by atoms with Crippen LogP contribution in [0.1, 0.15) is 18.4 Å². The first-order valence-corrected chi connectivity index (χ1v) is 5.89. The quantitative estimate of drug-likeness (QED) is 0.741. The average molecular weight is 286 g/mol. The third-order valence-corrected chi connectivity index (χ3v) is 2.69. The van der Waals surface area contributed by atoms with E-state index in [1.54, 1.807) is 6.07 Å². The van der Waals surface area contributed by atoms with Gasteiger partial charge < -0.3 is 16.8 Å². The summed E-state index contributed by atoms with van der Waals surface area (Å²) in [6.07, 6.45) is 1.10. The Labute approximate surface area is 104 Å². The fourth-order valence-corrected chi connectivity index (χ4v) is 1.91. The highest BCUT2D eigenvalue weighted by Crippen LogP contribution is 2.27. The van der Waals surface area contributed by atoms with E-state index in [0.29, 0.717) is 30.8 Å². The number of carbonyl (C=O) groups excluding carboxylic acids is 1. The van der Waals surface area contributed by atoms with Gasteiger partial charge in [-0.15, -0.1) is 0 Å². The second-order valence-electron chi connectivity index (χ2n) is 3.62. The molecule has 1 rings (SSSR count). The van der Waals surface area contributed by atoms with E-state index in [4.69, 9.17) is 11.5 Å². The molecule has 5 N–H and O–H groups in total. The zero-order valence-electron chi connectivity index (χ0n) is 9.22. The molecule has 1 amide bonds. The molecular formula is C11H16BrN3O. The van der Waals surface area contributed by atoms with Crippen molar-refractivity contribution in [3.8, 4) is 0 Å². The molecule has 0 heterocycles. The first-order valence-electron chi connectivity index (χ1n) is 5.10. The number of nitrogens with one attached hydrogen (secondary N) is 1. The maximum Gasteiger partial charge on any atom is 0.224 e. The summed E-state index contributed by atoms with van der Waals surface area (Å²) in [4.78, 5) is 11.5. The molecule has 16 heavy (non-hydrogen) atoms. The van der Waals surface area contributed by atoms with Crippen LogP contribution in [0, 0.1) is 6.92 Å². The molecule has 0 unspecified atom stereocenters. The van der Waals surface area contributed by atoms with Crippen LogP contribution < -0.4 is 16.8 Å². The Morgan fingerprint density at radius 2 is 2.19 bits per heavy atom. The van der Waals surface area contributed by atoms with Crippen LogP contribution in [0.4, 0.5) is 11.4 Å². The minimum absolute atomic E-state index is 0.0605. The summed E-state index contributed by atoms with van der Waals surface area (Å²) in [7, 11) is 0. The van der Waals surface area contributed by atoms with Crippen molar-refractivity contribution in [2.45, 2.75) is 19.8 Å². The molecule has 0 saturated heterocycles. The van der Waals surface area contributed by atoms with Crippen LogP contribution in [-0.4, -0.2) is 12.5 Å². The monoisotopic (exact) mass is 285 g/mol. The van der Waals surface area contributed by atoms with Crippen molar-refractivity contribution in [1.29, 1.82) is 0 Å². The van der Waals surface area contributed by atoms with Gasteiger partial charge in [0.15, 0.2) is 0 Å². The zero-order chi connectivity index (χ0) is 12.1. The molecule has 4 nitrogen and oxygen atoms in total. The molecule has 0 aliphatic carbocycles. The maximum absolute atomic E-state index is 11.5. The van der Waals surface area contributed by atoms with Crippen LogP contribution >= 0.6 is 15.9 Å². The summed E-state index contributed by atoms with van der Waals surface area (Å²) in [6.45, 7) is 2.41. The minimum Gasteiger partial charge on any atom is -0.397 e. The van der Waals surface area contributed by atoms with E-state index < -0.39 is 0 Å². The van der Waals surface area contributed by atoms with E-state index in [-0.39, 0.29) is 5.91 Å². The van der Waals surface area contributed by atoms with Crippen LogP contribution in [0.25, 0.3) is 0 Å². The predicted octanol–water partition coefficient (Wildman–Crippen LogP) is 2.02. The molecule has 0 radical (unpaired) electrons. The standard InChI is InChI=1S/C11H16BrN3O/c1-7-5-8(12)6-9(11(7)14)15-10(16)3-2-4-13/h5-6H,2-4,13-14H2,1H3,(H,15,16). The van der Waals surface area contributed by atoms with Crippen LogP contribution in [-0.2, 0) is 4.79 Å². The third kappa shape index (κ3) is 3.50. The molecule has 0 atom stereocenters. The summed E-state index contributed by atoms with van der Waals surface area (Å²) in [5.41, 5.74) is 13.4. The molecule has 88 valence electrons. The van der Waals surface area contributed by atoms with Crippen molar-refractivity contribution >= 4 is 33.2 Å². The lowest BCUT2D eigenvalue weighted by atomic mass is 10.1. The van der Waals surface area contributed by atoms with Gasteiger partial charge >= 0.3 is 0 Å². The molecule has 0 aliphatic rings. The normalized spacial score (nSPS) is 10.2. The van der Waals surface area contributed by atoms with Gasteiger partial charge in [0.05, 0.1) is 11.4 Å². The van der Waals surface area contributed by atoms with E-state index in [1.807, 2.05) is 13.0 Å². The van der Waals surface area contributed by atoms with Gasteiger partial charge in [0.2, 0.25) is 5.91 Å². The van der Waals surface area contributed by atoms with Gasteiger partial charge in [-0.05, 0) is 37.6 Å². The Bertz CT molecular complexity index is 393. The largest absolute Gasteiger partial charge is 0.397 e. The van der Waals surface area contributed by atoms with Crippen molar-refractivity contribution < 1.29 is 4.79 Å². The van der Waals surface area contributed by atoms with E-state index >= 15 is 0 Å². The molecule has 0 aliphatic heterocycles. The smallest absolute Gasteiger partial charge is 0.224 e. The summed E-state index contributed by atoms with van der Waals surface area (Å²) in [6, 6.07) is 3.70. The average Bonchev–Trinajstić information content (AvgIpc) is 2.22. The SMILES string of the molecule is Cc1cc(Br)cc(NC(=O)CCCN)c1N. The van der Waals surface area contributed by atoms with E-state index in [1.165, 1.54) is 0 Å². The Morgan fingerprint density at radius 1 is 1.50 bits per heavy atom. The van der Waals surface area contributed by atoms with Crippen LogP contribution in [0.3, 0.4) is 0 Å². The lowest BCUT2D eigenvalue weighted by Crippen LogP contribution is -2.14. The molecule has 0 spiro atoms. The number of aryl methyl sites for hydroxylation is 1. The fraction of sp³-hybridized carbons (Fsp3) is 0.364. The highest BCUT2D eigenvalue weighted by molar-refractivity contribution is 9.10. The van der Waals surface area contributed by atoms with E-state index in [0.717, 1.165) is 10.0 Å². The van der Waals surface area contributed by atoms with Gasteiger partial charge in [-0.2, -0.15) is 0 Å². The van der Waals surface area contributed by atoms with Crippen molar-refractivity contribution in [2.24, 2.45) is 5.73 Å². The van der Waals surface area contributed by atoms with Crippen molar-refractivity contribution in [3.05, 3.63) is 22.2 Å². The molecule has 5 heteroatoms. The molecule has 0 saturated carbocycles. The van der Waals surface area contributed by atoms with Gasteiger partial charge in [0, 0.05) is 10.9 Å². The highest BCUT2D eigenvalue weighted by Gasteiger charge is 2.07. The lowest BCUT2D eigenvalue weighted by Gasteiger charge is -2.10. The van der Waals surface area contributed by atoms with Gasteiger partial charge in [-0.25, -0.2) is 0 Å². The number of carbonyl (C=O) groups is 1. The van der Waals surface area contributed by atoms with Crippen LogP contribution in [0.2, 0.25) is 0 Å². The number of amides is 1. The van der Waals surface area contributed by atoms with Crippen LogP contribution in [0.15, 0.2) is 16.6 Å². The first-order chi connectivity index (χ1) is 7.54. The van der Waals surface area contributed by atoms with E-state index in [9.17, 15) is 4.79 Å². The van der Waals surface area contributed by atoms with E-state index in [2.05, 4.69) is 21.2 Å². The predicted molar refractivity (Wildman–Crippen MR) is 70.2 cm³/mol. The molecule has 0 aromatic heterocycles. The number of anilines is 2. The van der Waals surface area contributed by atoms with Crippen LogP contribution in [0.5, 0.6) is 0 Å². The number of hydrogen-bond acceptors (Lipinski definition) is 3. The minimum atomic E-state index is -0.0605. The number of halogens is 1. The number of benzene rings is 1. The van der Waals surface area contributed by atoms with Crippen molar-refractivity contribution in [1.82, 2.24) is 0 Å². The van der Waals surface area contributed by atoms with Gasteiger partial charge in [-0.1, -0.05) is 15.9 Å².